The van der Waals surface area contributed by atoms with Crippen molar-refractivity contribution in [2.24, 2.45) is 0 Å². The molecule has 2 nitrogen and oxygen atoms in total. The molecule has 0 bridgehead atoms. The fourth-order valence-electron chi connectivity index (χ4n) is 2.89. The molecule has 0 amide bonds. The third kappa shape index (κ3) is 2.22. The van der Waals surface area contributed by atoms with Crippen LogP contribution in [0.3, 0.4) is 0 Å². The number of ketones is 1. The van der Waals surface area contributed by atoms with Crippen molar-refractivity contribution in [2.75, 3.05) is 6.61 Å². The molecule has 0 saturated carbocycles. The van der Waals surface area contributed by atoms with Crippen molar-refractivity contribution in [1.82, 2.24) is 0 Å². The normalized spacial score (nSPS) is 17.2. The molecule has 1 unspecified atom stereocenters. The molecule has 0 spiro atoms. The van der Waals surface area contributed by atoms with E-state index in [2.05, 4.69) is 6.07 Å². The van der Waals surface area contributed by atoms with E-state index in [4.69, 9.17) is 4.74 Å². The number of hydrogen-bond acceptors (Lipinski definition) is 2. The maximum atomic E-state index is 12.8. The van der Waals surface area contributed by atoms with Crippen LogP contribution in [0.1, 0.15) is 39.4 Å². The number of ether oxygens (including phenoxy) is 1. The molecule has 102 valence electrons. The highest BCUT2D eigenvalue weighted by atomic mass is 16.5. The Labute approximate surface area is 119 Å². The lowest BCUT2D eigenvalue weighted by Gasteiger charge is -2.25. The van der Waals surface area contributed by atoms with Gasteiger partial charge in [0.1, 0.15) is 5.75 Å². The number of Topliss-reactive ketones (excluding diaryl/α,β-unsaturated/α-hetero) is 1. The summed E-state index contributed by atoms with van der Waals surface area (Å²) < 4.78 is 5.64. The van der Waals surface area contributed by atoms with Gasteiger partial charge in [-0.3, -0.25) is 4.79 Å². The van der Waals surface area contributed by atoms with Crippen molar-refractivity contribution in [3.63, 3.8) is 0 Å². The third-order valence-corrected chi connectivity index (χ3v) is 3.92. The maximum Gasteiger partial charge on any atom is 0.170 e. The van der Waals surface area contributed by atoms with Gasteiger partial charge in [-0.2, -0.15) is 0 Å². The molecule has 2 aromatic rings. The van der Waals surface area contributed by atoms with Crippen LogP contribution in [0.4, 0.5) is 0 Å². The van der Waals surface area contributed by atoms with Gasteiger partial charge < -0.3 is 4.74 Å². The first-order chi connectivity index (χ1) is 9.66. The van der Waals surface area contributed by atoms with E-state index in [9.17, 15) is 4.79 Å². The molecule has 0 aliphatic carbocycles. The number of aryl methyl sites for hydroxylation is 2. The van der Waals surface area contributed by atoms with E-state index >= 15 is 0 Å². The van der Waals surface area contributed by atoms with Crippen LogP contribution >= 0.6 is 0 Å². The lowest BCUT2D eigenvalue weighted by Crippen LogP contribution is -2.22. The van der Waals surface area contributed by atoms with Crippen LogP contribution in [0, 0.1) is 13.8 Å². The van der Waals surface area contributed by atoms with Gasteiger partial charge in [-0.15, -0.1) is 0 Å². The van der Waals surface area contributed by atoms with Crippen molar-refractivity contribution in [3.8, 4) is 5.75 Å². The zero-order valence-corrected chi connectivity index (χ0v) is 11.8. The van der Waals surface area contributed by atoms with Gasteiger partial charge in [-0.05, 0) is 31.9 Å². The summed E-state index contributed by atoms with van der Waals surface area (Å²) in [4.78, 5) is 12.8. The molecular weight excluding hydrogens is 248 g/mol. The van der Waals surface area contributed by atoms with Gasteiger partial charge in [-0.1, -0.05) is 42.0 Å². The Kier molecular flexibility index (Phi) is 3.31. The first-order valence-corrected chi connectivity index (χ1v) is 7.00. The Morgan fingerprint density at radius 2 is 1.95 bits per heavy atom. The fourth-order valence-corrected chi connectivity index (χ4v) is 2.89. The summed E-state index contributed by atoms with van der Waals surface area (Å²) >= 11 is 0. The number of rotatable bonds is 2. The molecule has 2 heteroatoms. The largest absolute Gasteiger partial charge is 0.493 e. The van der Waals surface area contributed by atoms with Gasteiger partial charge in [-0.25, -0.2) is 0 Å². The highest BCUT2D eigenvalue weighted by molar-refractivity contribution is 6.02. The minimum Gasteiger partial charge on any atom is -0.493 e. The fraction of sp³-hybridized carbons (Fsp3) is 0.278. The topological polar surface area (TPSA) is 26.3 Å². The van der Waals surface area contributed by atoms with Gasteiger partial charge in [0.25, 0.3) is 0 Å². The lowest BCUT2D eigenvalue weighted by molar-refractivity contribution is 0.0932. The van der Waals surface area contributed by atoms with Crippen LogP contribution in [0.25, 0.3) is 0 Å². The van der Waals surface area contributed by atoms with E-state index in [1.165, 1.54) is 5.56 Å². The summed E-state index contributed by atoms with van der Waals surface area (Å²) in [6, 6.07) is 13.9. The first kappa shape index (κ1) is 12.9. The van der Waals surface area contributed by atoms with Crippen molar-refractivity contribution in [1.29, 1.82) is 0 Å². The second-order valence-electron chi connectivity index (χ2n) is 5.41. The molecule has 1 aliphatic rings. The Hall–Kier alpha value is -2.09. The van der Waals surface area contributed by atoms with Crippen molar-refractivity contribution < 1.29 is 9.53 Å². The molecule has 0 radical (unpaired) electrons. The van der Waals surface area contributed by atoms with Crippen LogP contribution < -0.4 is 4.74 Å². The molecule has 0 saturated heterocycles. The zero-order chi connectivity index (χ0) is 14.1. The standard InChI is InChI=1S/C18H18O2/c1-12-7-8-14(13(2)11-12)18(19)16-9-10-20-17-6-4-3-5-15(16)17/h3-8,11,16H,9-10H2,1-2H3. The quantitative estimate of drug-likeness (QED) is 0.766. The minimum atomic E-state index is -0.0821. The summed E-state index contributed by atoms with van der Waals surface area (Å²) in [5.41, 5.74) is 4.09. The van der Waals surface area contributed by atoms with Gasteiger partial charge in [0.15, 0.2) is 5.78 Å². The highest BCUT2D eigenvalue weighted by Crippen LogP contribution is 2.36. The lowest BCUT2D eigenvalue weighted by atomic mass is 9.85. The summed E-state index contributed by atoms with van der Waals surface area (Å²) in [7, 11) is 0. The Bertz CT molecular complexity index is 658. The summed E-state index contributed by atoms with van der Waals surface area (Å²) in [5.74, 6) is 0.974. The molecule has 0 N–H and O–H groups in total. The second-order valence-corrected chi connectivity index (χ2v) is 5.41. The maximum absolute atomic E-state index is 12.8. The molecule has 20 heavy (non-hydrogen) atoms. The van der Waals surface area contributed by atoms with Gasteiger partial charge in [0, 0.05) is 11.1 Å². The van der Waals surface area contributed by atoms with Gasteiger partial charge >= 0.3 is 0 Å². The molecule has 2 aromatic carbocycles. The van der Waals surface area contributed by atoms with E-state index in [-0.39, 0.29) is 11.7 Å². The second kappa shape index (κ2) is 5.12. The van der Waals surface area contributed by atoms with Crippen LogP contribution in [0.2, 0.25) is 0 Å². The number of hydrogen-bond donors (Lipinski definition) is 0. The van der Waals surface area contributed by atoms with Crippen molar-refractivity contribution in [2.45, 2.75) is 26.2 Å². The Balaban J connectivity index is 2.00. The predicted octanol–water partition coefficient (Wildman–Crippen LogP) is 4.05. The number of carbonyl (C=O) groups is 1. The summed E-state index contributed by atoms with van der Waals surface area (Å²) in [6.45, 7) is 4.66. The molecule has 3 rings (SSSR count). The average Bonchev–Trinajstić information content (AvgIpc) is 2.46. The first-order valence-electron chi connectivity index (χ1n) is 7.00. The molecular formula is C18H18O2. The molecule has 1 heterocycles. The highest BCUT2D eigenvalue weighted by Gasteiger charge is 2.28. The van der Waals surface area contributed by atoms with Crippen molar-refractivity contribution >= 4 is 5.78 Å². The van der Waals surface area contributed by atoms with Crippen molar-refractivity contribution in [3.05, 3.63) is 64.7 Å². The van der Waals surface area contributed by atoms with Crippen LogP contribution in [-0.4, -0.2) is 12.4 Å². The van der Waals surface area contributed by atoms with E-state index in [0.29, 0.717) is 6.61 Å². The smallest absolute Gasteiger partial charge is 0.170 e. The molecule has 1 atom stereocenters. The van der Waals surface area contributed by atoms with Crippen LogP contribution in [-0.2, 0) is 0 Å². The Morgan fingerprint density at radius 1 is 1.15 bits per heavy atom. The van der Waals surface area contributed by atoms with E-state index < -0.39 is 0 Å². The van der Waals surface area contributed by atoms with Crippen LogP contribution in [0.5, 0.6) is 5.75 Å². The Morgan fingerprint density at radius 3 is 2.75 bits per heavy atom. The number of benzene rings is 2. The number of para-hydroxylation sites is 1. The van der Waals surface area contributed by atoms with E-state index in [0.717, 1.165) is 28.9 Å². The molecule has 0 aromatic heterocycles. The molecule has 0 fully saturated rings. The van der Waals surface area contributed by atoms with Crippen LogP contribution in [0.15, 0.2) is 42.5 Å². The average molecular weight is 266 g/mol. The third-order valence-electron chi connectivity index (χ3n) is 3.92. The van der Waals surface area contributed by atoms with Gasteiger partial charge in [0.05, 0.1) is 12.5 Å². The summed E-state index contributed by atoms with van der Waals surface area (Å²) in [6.07, 6.45) is 0.753. The van der Waals surface area contributed by atoms with E-state index in [1.807, 2.05) is 50.2 Å². The zero-order valence-electron chi connectivity index (χ0n) is 11.8. The predicted molar refractivity (Wildman–Crippen MR) is 79.5 cm³/mol. The van der Waals surface area contributed by atoms with Gasteiger partial charge in [0.2, 0.25) is 0 Å². The van der Waals surface area contributed by atoms with E-state index in [1.54, 1.807) is 0 Å². The number of carbonyl (C=O) groups excluding carboxylic acids is 1. The summed E-state index contributed by atoms with van der Waals surface area (Å²) in [5, 5.41) is 0. The monoisotopic (exact) mass is 266 g/mol. The number of fused-ring (bicyclic) bond motifs is 1. The minimum absolute atomic E-state index is 0.0821. The molecule has 1 aliphatic heterocycles. The SMILES string of the molecule is Cc1ccc(C(=O)C2CCOc3ccccc32)c(C)c1.